The molecule has 3 rings (SSSR count). The van der Waals surface area contributed by atoms with Crippen LogP contribution in [0.15, 0.2) is 42.7 Å². The van der Waals surface area contributed by atoms with Crippen LogP contribution in [0.3, 0.4) is 0 Å². The van der Waals surface area contributed by atoms with Gasteiger partial charge in [-0.15, -0.1) is 0 Å². The molecular formula is C18H16ClNO2. The Morgan fingerprint density at radius 2 is 2.27 bits per heavy atom. The molecule has 112 valence electrons. The Balaban J connectivity index is 1.68. The van der Waals surface area contributed by atoms with Crippen LogP contribution in [0.1, 0.15) is 34.8 Å². The van der Waals surface area contributed by atoms with E-state index in [2.05, 4.69) is 4.98 Å². The summed E-state index contributed by atoms with van der Waals surface area (Å²) in [7, 11) is 0. The molecule has 0 spiro atoms. The van der Waals surface area contributed by atoms with Crippen LogP contribution in [0, 0.1) is 6.92 Å². The van der Waals surface area contributed by atoms with Crippen LogP contribution >= 0.6 is 11.6 Å². The summed E-state index contributed by atoms with van der Waals surface area (Å²) in [6.45, 7) is 1.96. The predicted molar refractivity (Wildman–Crippen MR) is 86.6 cm³/mol. The van der Waals surface area contributed by atoms with Crippen molar-refractivity contribution in [1.29, 1.82) is 0 Å². The number of benzene rings is 1. The minimum atomic E-state index is -0.348. The fourth-order valence-electron chi connectivity index (χ4n) is 2.71. The Labute approximate surface area is 134 Å². The molecule has 1 aliphatic rings. The molecule has 0 fully saturated rings. The van der Waals surface area contributed by atoms with Crippen LogP contribution in [-0.2, 0) is 16.0 Å². The zero-order valence-corrected chi connectivity index (χ0v) is 13.0. The Morgan fingerprint density at radius 1 is 1.41 bits per heavy atom. The molecule has 0 aliphatic heterocycles. The van der Waals surface area contributed by atoms with Crippen LogP contribution in [0.4, 0.5) is 0 Å². The van der Waals surface area contributed by atoms with Gasteiger partial charge in [0, 0.05) is 23.5 Å². The van der Waals surface area contributed by atoms with Gasteiger partial charge in [-0.1, -0.05) is 23.7 Å². The van der Waals surface area contributed by atoms with E-state index in [0.29, 0.717) is 0 Å². The second-order valence-electron chi connectivity index (χ2n) is 5.40. The van der Waals surface area contributed by atoms with Crippen LogP contribution in [0.2, 0.25) is 5.02 Å². The fourth-order valence-corrected chi connectivity index (χ4v) is 2.98. The maximum Gasteiger partial charge on any atom is 0.331 e. The summed E-state index contributed by atoms with van der Waals surface area (Å²) in [5.41, 5.74) is 4.04. The lowest BCUT2D eigenvalue weighted by Crippen LogP contribution is -2.06. The molecule has 1 atom stereocenters. The van der Waals surface area contributed by atoms with Gasteiger partial charge in [-0.05, 0) is 60.2 Å². The van der Waals surface area contributed by atoms with E-state index in [1.807, 2.05) is 31.2 Å². The number of ether oxygens (including phenoxy) is 1. The number of carbonyl (C=O) groups is 1. The number of carbonyl (C=O) groups excluding carboxylic acids is 1. The van der Waals surface area contributed by atoms with Crippen molar-refractivity contribution < 1.29 is 9.53 Å². The van der Waals surface area contributed by atoms with E-state index in [0.717, 1.165) is 40.1 Å². The van der Waals surface area contributed by atoms with Crippen LogP contribution in [-0.4, -0.2) is 11.0 Å². The monoisotopic (exact) mass is 313 g/mol. The summed E-state index contributed by atoms with van der Waals surface area (Å²) in [5, 5.41) is 0.748. The van der Waals surface area contributed by atoms with Gasteiger partial charge >= 0.3 is 5.97 Å². The quantitative estimate of drug-likeness (QED) is 0.627. The van der Waals surface area contributed by atoms with Crippen molar-refractivity contribution in [3.63, 3.8) is 0 Å². The van der Waals surface area contributed by atoms with Gasteiger partial charge in [0.15, 0.2) is 0 Å². The molecule has 4 heteroatoms. The predicted octanol–water partition coefficient (Wildman–Crippen LogP) is 4.29. The van der Waals surface area contributed by atoms with Crippen molar-refractivity contribution in [1.82, 2.24) is 4.98 Å². The van der Waals surface area contributed by atoms with Crippen molar-refractivity contribution >= 4 is 23.6 Å². The highest BCUT2D eigenvalue weighted by atomic mass is 35.5. The largest absolute Gasteiger partial charge is 0.454 e. The van der Waals surface area contributed by atoms with Gasteiger partial charge < -0.3 is 4.74 Å². The summed E-state index contributed by atoms with van der Waals surface area (Å²) >= 11 is 6.17. The second kappa shape index (κ2) is 6.32. The minimum Gasteiger partial charge on any atom is -0.454 e. The van der Waals surface area contributed by atoms with E-state index in [4.69, 9.17) is 16.3 Å². The first-order valence-electron chi connectivity index (χ1n) is 7.21. The standard InChI is InChI=1S/C18H16ClNO2/c1-12-9-13(11-20-10-12)5-8-18(21)22-17-7-6-14-15(17)3-2-4-16(14)19/h2-5,8-11,17H,6-7H2,1H3/b8-5+. The molecule has 0 radical (unpaired) electrons. The summed E-state index contributed by atoms with van der Waals surface area (Å²) in [4.78, 5) is 16.1. The van der Waals surface area contributed by atoms with E-state index in [1.165, 1.54) is 6.08 Å². The van der Waals surface area contributed by atoms with Gasteiger partial charge in [0.2, 0.25) is 0 Å². The molecular weight excluding hydrogens is 298 g/mol. The third-order valence-electron chi connectivity index (χ3n) is 3.72. The first-order valence-corrected chi connectivity index (χ1v) is 7.59. The fraction of sp³-hybridized carbons (Fsp3) is 0.222. The molecule has 1 aromatic heterocycles. The highest BCUT2D eigenvalue weighted by Gasteiger charge is 2.26. The second-order valence-corrected chi connectivity index (χ2v) is 5.81. The lowest BCUT2D eigenvalue weighted by Gasteiger charge is -2.12. The molecule has 0 bridgehead atoms. The number of fused-ring (bicyclic) bond motifs is 1. The first-order chi connectivity index (χ1) is 10.6. The zero-order chi connectivity index (χ0) is 15.5. The van der Waals surface area contributed by atoms with Crippen molar-refractivity contribution in [3.8, 4) is 0 Å². The molecule has 22 heavy (non-hydrogen) atoms. The summed E-state index contributed by atoms with van der Waals surface area (Å²) in [6.07, 6.45) is 8.07. The summed E-state index contributed by atoms with van der Waals surface area (Å²) < 4.78 is 5.54. The Kier molecular flexibility index (Phi) is 4.25. The Morgan fingerprint density at radius 3 is 3.09 bits per heavy atom. The molecule has 1 unspecified atom stereocenters. The SMILES string of the molecule is Cc1cncc(/C=C/C(=O)OC2CCc3c(Cl)cccc32)c1. The molecule has 0 saturated carbocycles. The molecule has 2 aromatic rings. The van der Waals surface area contributed by atoms with Crippen molar-refractivity contribution in [3.05, 3.63) is 70.0 Å². The van der Waals surface area contributed by atoms with Crippen LogP contribution in [0.5, 0.6) is 0 Å². The normalized spacial score (nSPS) is 16.7. The number of hydrogen-bond donors (Lipinski definition) is 0. The maximum atomic E-state index is 12.0. The van der Waals surface area contributed by atoms with Gasteiger partial charge in [0.1, 0.15) is 6.10 Å². The molecule has 0 saturated heterocycles. The molecule has 1 aromatic carbocycles. The summed E-state index contributed by atoms with van der Waals surface area (Å²) in [6, 6.07) is 7.69. The molecule has 0 amide bonds. The van der Waals surface area contributed by atoms with E-state index < -0.39 is 0 Å². The van der Waals surface area contributed by atoms with E-state index >= 15 is 0 Å². The third kappa shape index (κ3) is 3.20. The van der Waals surface area contributed by atoms with E-state index in [-0.39, 0.29) is 12.1 Å². The molecule has 1 heterocycles. The zero-order valence-electron chi connectivity index (χ0n) is 12.3. The van der Waals surface area contributed by atoms with Crippen LogP contribution < -0.4 is 0 Å². The minimum absolute atomic E-state index is 0.207. The average molecular weight is 314 g/mol. The van der Waals surface area contributed by atoms with Crippen molar-refractivity contribution in [2.24, 2.45) is 0 Å². The number of rotatable bonds is 3. The number of aryl methyl sites for hydroxylation is 1. The van der Waals surface area contributed by atoms with Gasteiger partial charge in [0.05, 0.1) is 0 Å². The van der Waals surface area contributed by atoms with Gasteiger partial charge in [0.25, 0.3) is 0 Å². The Bertz CT molecular complexity index is 740. The van der Waals surface area contributed by atoms with Crippen molar-refractivity contribution in [2.75, 3.05) is 0 Å². The average Bonchev–Trinajstić information content (AvgIpc) is 2.90. The number of halogens is 1. The maximum absolute atomic E-state index is 12.0. The Hall–Kier alpha value is -2.13. The molecule has 1 aliphatic carbocycles. The van der Waals surface area contributed by atoms with Gasteiger partial charge in [-0.2, -0.15) is 0 Å². The van der Waals surface area contributed by atoms with Crippen LogP contribution in [0.25, 0.3) is 6.08 Å². The highest BCUT2D eigenvalue weighted by molar-refractivity contribution is 6.31. The van der Waals surface area contributed by atoms with E-state index in [9.17, 15) is 4.79 Å². The topological polar surface area (TPSA) is 39.2 Å². The molecule has 0 N–H and O–H groups in total. The molecule has 3 nitrogen and oxygen atoms in total. The number of nitrogens with zero attached hydrogens (tertiary/aromatic N) is 1. The van der Waals surface area contributed by atoms with E-state index in [1.54, 1.807) is 18.5 Å². The van der Waals surface area contributed by atoms with Gasteiger partial charge in [-0.3, -0.25) is 4.98 Å². The number of hydrogen-bond acceptors (Lipinski definition) is 3. The number of pyridine rings is 1. The lowest BCUT2D eigenvalue weighted by molar-refractivity contribution is -0.143. The summed E-state index contributed by atoms with van der Waals surface area (Å²) in [5.74, 6) is -0.348. The smallest absolute Gasteiger partial charge is 0.331 e. The third-order valence-corrected chi connectivity index (χ3v) is 4.08. The van der Waals surface area contributed by atoms with Gasteiger partial charge in [-0.25, -0.2) is 4.79 Å². The lowest BCUT2D eigenvalue weighted by atomic mass is 10.1. The number of aromatic nitrogens is 1. The first kappa shape index (κ1) is 14.8. The highest BCUT2D eigenvalue weighted by Crippen LogP contribution is 2.37. The van der Waals surface area contributed by atoms with Crippen molar-refractivity contribution in [2.45, 2.75) is 25.9 Å². The number of esters is 1.